The summed E-state index contributed by atoms with van der Waals surface area (Å²) in [6, 6.07) is 1.63. The van der Waals surface area contributed by atoms with Crippen LogP contribution in [0.3, 0.4) is 0 Å². The molecule has 0 aliphatic rings. The van der Waals surface area contributed by atoms with Crippen molar-refractivity contribution in [1.82, 2.24) is 9.97 Å². The van der Waals surface area contributed by atoms with E-state index in [9.17, 15) is 0 Å². The van der Waals surface area contributed by atoms with E-state index in [1.807, 2.05) is 0 Å². The van der Waals surface area contributed by atoms with Crippen LogP contribution in [0.1, 0.15) is 12.2 Å². The number of nitrogens with two attached hydrogens (primary N) is 1. The van der Waals surface area contributed by atoms with Crippen molar-refractivity contribution in [2.75, 3.05) is 32.9 Å². The highest BCUT2D eigenvalue weighted by Gasteiger charge is 2.04. The van der Waals surface area contributed by atoms with Gasteiger partial charge in [0, 0.05) is 33.3 Å². The van der Waals surface area contributed by atoms with Crippen LogP contribution in [-0.2, 0) is 16.1 Å². The fourth-order valence-electron chi connectivity index (χ4n) is 1.19. The maximum absolute atomic E-state index is 5.46. The second-order valence-corrected chi connectivity index (χ2v) is 3.28. The summed E-state index contributed by atoms with van der Waals surface area (Å²) >= 11 is 0. The molecule has 0 amide bonds. The molecule has 0 unspecified atom stereocenters. The Morgan fingerprint density at radius 3 is 2.71 bits per heavy atom. The lowest BCUT2D eigenvalue weighted by molar-refractivity contribution is 0.167. The zero-order valence-electron chi connectivity index (χ0n) is 10.1. The van der Waals surface area contributed by atoms with E-state index < -0.39 is 0 Å². The van der Waals surface area contributed by atoms with E-state index in [0.717, 1.165) is 6.42 Å². The van der Waals surface area contributed by atoms with Gasteiger partial charge in [-0.1, -0.05) is 0 Å². The van der Waals surface area contributed by atoms with E-state index in [1.54, 1.807) is 20.3 Å². The van der Waals surface area contributed by atoms with Crippen molar-refractivity contribution >= 4 is 5.82 Å². The molecule has 0 radical (unpaired) electrons. The number of rotatable bonds is 8. The lowest BCUT2D eigenvalue weighted by atomic mass is 10.5. The van der Waals surface area contributed by atoms with Crippen molar-refractivity contribution in [2.24, 2.45) is 5.84 Å². The van der Waals surface area contributed by atoms with Gasteiger partial charge in [-0.25, -0.2) is 10.8 Å². The van der Waals surface area contributed by atoms with Crippen LogP contribution in [0, 0.1) is 0 Å². The molecule has 0 aliphatic carbocycles. The van der Waals surface area contributed by atoms with Gasteiger partial charge in [0.15, 0.2) is 5.82 Å². The van der Waals surface area contributed by atoms with Crippen LogP contribution < -0.4 is 16.0 Å². The summed E-state index contributed by atoms with van der Waals surface area (Å²) in [4.78, 5) is 8.28. The Balaban J connectivity index is 2.59. The van der Waals surface area contributed by atoms with Crippen LogP contribution in [-0.4, -0.2) is 37.4 Å². The highest BCUT2D eigenvalue weighted by atomic mass is 16.5. The number of ether oxygens (including phenoxy) is 3. The van der Waals surface area contributed by atoms with Gasteiger partial charge in [-0.05, 0) is 0 Å². The van der Waals surface area contributed by atoms with E-state index in [-0.39, 0.29) is 0 Å². The average Bonchev–Trinajstić information content (AvgIpc) is 2.35. The molecule has 7 heteroatoms. The summed E-state index contributed by atoms with van der Waals surface area (Å²) in [5.74, 6) is 6.78. The number of methoxy groups -OCH3 is 2. The van der Waals surface area contributed by atoms with Gasteiger partial charge in [0.2, 0.25) is 5.88 Å². The Bertz CT molecular complexity index is 335. The monoisotopic (exact) mass is 242 g/mol. The minimum absolute atomic E-state index is 0.309. The molecule has 0 fully saturated rings. The predicted octanol–water partition coefficient (Wildman–Crippen LogP) is 0.324. The second-order valence-electron chi connectivity index (χ2n) is 3.28. The fourth-order valence-corrected chi connectivity index (χ4v) is 1.19. The molecule has 0 aromatic carbocycles. The number of nitrogen functional groups attached to an aromatic ring is 1. The minimum Gasteiger partial charge on any atom is -0.477 e. The smallest absolute Gasteiger partial charge is 0.218 e. The van der Waals surface area contributed by atoms with Gasteiger partial charge in [-0.2, -0.15) is 4.98 Å². The third kappa shape index (κ3) is 4.94. The Labute approximate surface area is 100 Å². The zero-order chi connectivity index (χ0) is 12.5. The Hall–Kier alpha value is -1.44. The largest absolute Gasteiger partial charge is 0.477 e. The first-order chi connectivity index (χ1) is 8.30. The molecule has 1 heterocycles. The Morgan fingerprint density at radius 2 is 2.06 bits per heavy atom. The van der Waals surface area contributed by atoms with Crippen LogP contribution in [0.5, 0.6) is 5.88 Å². The molecule has 1 aromatic rings. The molecule has 96 valence electrons. The van der Waals surface area contributed by atoms with Gasteiger partial charge in [-0.3, -0.25) is 0 Å². The van der Waals surface area contributed by atoms with Crippen LogP contribution in [0.4, 0.5) is 5.82 Å². The van der Waals surface area contributed by atoms with E-state index in [4.69, 9.17) is 20.1 Å². The molecule has 0 atom stereocenters. The third-order valence-corrected chi connectivity index (χ3v) is 1.91. The number of aromatic nitrogens is 2. The number of hydrogen-bond acceptors (Lipinski definition) is 7. The summed E-state index contributed by atoms with van der Waals surface area (Å²) < 4.78 is 15.3. The molecule has 0 saturated heterocycles. The SMILES string of the molecule is COCCCOc1cc(NN)nc(COC)n1. The number of anilines is 1. The summed E-state index contributed by atoms with van der Waals surface area (Å²) in [5.41, 5.74) is 2.46. The van der Waals surface area contributed by atoms with Crippen LogP contribution in [0.25, 0.3) is 0 Å². The van der Waals surface area contributed by atoms with Gasteiger partial charge in [0.25, 0.3) is 0 Å². The average molecular weight is 242 g/mol. The highest BCUT2D eigenvalue weighted by Crippen LogP contribution is 2.13. The lowest BCUT2D eigenvalue weighted by Crippen LogP contribution is -2.12. The maximum atomic E-state index is 5.46. The van der Waals surface area contributed by atoms with E-state index in [2.05, 4.69) is 15.4 Å². The van der Waals surface area contributed by atoms with E-state index in [1.165, 1.54) is 0 Å². The highest BCUT2D eigenvalue weighted by molar-refractivity contribution is 5.36. The van der Waals surface area contributed by atoms with Crippen molar-refractivity contribution in [2.45, 2.75) is 13.0 Å². The Kier molecular flexibility index (Phi) is 6.23. The van der Waals surface area contributed by atoms with Gasteiger partial charge in [-0.15, -0.1) is 0 Å². The maximum Gasteiger partial charge on any atom is 0.218 e. The molecule has 0 spiro atoms. The van der Waals surface area contributed by atoms with Gasteiger partial charge < -0.3 is 19.6 Å². The van der Waals surface area contributed by atoms with Crippen molar-refractivity contribution in [3.05, 3.63) is 11.9 Å². The summed E-state index contributed by atoms with van der Waals surface area (Å²) in [6.45, 7) is 1.49. The second kappa shape index (κ2) is 7.77. The molecule has 17 heavy (non-hydrogen) atoms. The lowest BCUT2D eigenvalue weighted by Gasteiger charge is -2.08. The van der Waals surface area contributed by atoms with Gasteiger partial charge >= 0.3 is 0 Å². The molecular formula is C10H18N4O3. The molecule has 7 nitrogen and oxygen atoms in total. The predicted molar refractivity (Wildman–Crippen MR) is 62.5 cm³/mol. The van der Waals surface area contributed by atoms with Crippen molar-refractivity contribution < 1.29 is 14.2 Å². The number of hydrazine groups is 1. The number of hydrogen-bond donors (Lipinski definition) is 2. The molecule has 0 aliphatic heterocycles. The van der Waals surface area contributed by atoms with Crippen molar-refractivity contribution in [3.63, 3.8) is 0 Å². The minimum atomic E-state index is 0.309. The van der Waals surface area contributed by atoms with Crippen LogP contribution in [0.2, 0.25) is 0 Å². The molecule has 1 rings (SSSR count). The standard InChI is InChI=1S/C10H18N4O3/c1-15-4-3-5-17-10-6-8(14-11)12-9(13-10)7-16-2/h6H,3-5,7,11H2,1-2H3,(H,12,13,14). The molecule has 0 bridgehead atoms. The first-order valence-electron chi connectivity index (χ1n) is 5.25. The zero-order valence-corrected chi connectivity index (χ0v) is 10.1. The molecule has 3 N–H and O–H groups in total. The first-order valence-corrected chi connectivity index (χ1v) is 5.25. The van der Waals surface area contributed by atoms with Crippen LogP contribution in [0.15, 0.2) is 6.07 Å². The summed E-state index contributed by atoms with van der Waals surface area (Å²) in [7, 11) is 3.23. The van der Waals surface area contributed by atoms with E-state index >= 15 is 0 Å². The quantitative estimate of drug-likeness (QED) is 0.385. The topological polar surface area (TPSA) is 91.5 Å². The Morgan fingerprint density at radius 1 is 1.24 bits per heavy atom. The number of nitrogens with one attached hydrogen (secondary N) is 1. The van der Waals surface area contributed by atoms with Crippen LogP contribution >= 0.6 is 0 Å². The summed E-state index contributed by atoms with van der Waals surface area (Å²) in [6.07, 6.45) is 0.797. The third-order valence-electron chi connectivity index (χ3n) is 1.91. The van der Waals surface area contributed by atoms with E-state index in [0.29, 0.717) is 37.3 Å². The number of nitrogens with zero attached hydrogens (tertiary/aromatic N) is 2. The van der Waals surface area contributed by atoms with Crippen molar-refractivity contribution in [3.8, 4) is 5.88 Å². The van der Waals surface area contributed by atoms with Gasteiger partial charge in [0.1, 0.15) is 12.4 Å². The van der Waals surface area contributed by atoms with Crippen molar-refractivity contribution in [1.29, 1.82) is 0 Å². The first kappa shape index (κ1) is 13.6. The fraction of sp³-hybridized carbons (Fsp3) is 0.600. The normalized spacial score (nSPS) is 10.3. The molecule has 0 saturated carbocycles. The molecular weight excluding hydrogens is 224 g/mol. The van der Waals surface area contributed by atoms with Gasteiger partial charge in [0.05, 0.1) is 6.61 Å². The molecule has 1 aromatic heterocycles. The summed E-state index contributed by atoms with van der Waals surface area (Å²) in [5, 5.41) is 0.